The van der Waals surface area contributed by atoms with Gasteiger partial charge in [-0.1, -0.05) is 53.7 Å². The molecule has 1 N–H and O–H groups in total. The summed E-state index contributed by atoms with van der Waals surface area (Å²) in [6, 6.07) is 14.6. The molecule has 0 spiro atoms. The number of carbonyl (C=O) groups excluding carboxylic acids is 2. The summed E-state index contributed by atoms with van der Waals surface area (Å²) in [6.45, 7) is 5.98. The first kappa shape index (κ1) is 20.2. The van der Waals surface area contributed by atoms with Crippen LogP contribution < -0.4 is 5.32 Å². The van der Waals surface area contributed by atoms with Gasteiger partial charge in [-0.05, 0) is 36.8 Å². The van der Waals surface area contributed by atoms with Crippen molar-refractivity contribution >= 4 is 51.7 Å². The summed E-state index contributed by atoms with van der Waals surface area (Å²) in [7, 11) is 0. The summed E-state index contributed by atoms with van der Waals surface area (Å²) in [4.78, 5) is 31.4. The van der Waals surface area contributed by atoms with E-state index in [1.54, 1.807) is 35.2 Å². The summed E-state index contributed by atoms with van der Waals surface area (Å²) in [5.74, 6) is -0.359. The number of nitrogens with zero attached hydrogens (tertiary/aromatic N) is 2. The third-order valence-electron chi connectivity index (χ3n) is 4.15. The number of hydrogen-bond donors (Lipinski definition) is 1. The van der Waals surface area contributed by atoms with Crippen molar-refractivity contribution in [1.82, 2.24) is 4.90 Å². The first-order valence-corrected chi connectivity index (χ1v) is 10.0. The number of aryl methyl sites for hydroxylation is 1. The molecule has 1 aliphatic heterocycles. The highest BCUT2D eigenvalue weighted by Crippen LogP contribution is 2.33. The molecule has 1 aliphatic rings. The van der Waals surface area contributed by atoms with Crippen LogP contribution in [-0.2, 0) is 9.59 Å². The Morgan fingerprint density at radius 2 is 2.07 bits per heavy atom. The second-order valence-electron chi connectivity index (χ2n) is 6.29. The molecule has 1 atom stereocenters. The van der Waals surface area contributed by atoms with Crippen LogP contribution in [0.25, 0.3) is 0 Å². The van der Waals surface area contributed by atoms with Gasteiger partial charge in [0.2, 0.25) is 11.8 Å². The van der Waals surface area contributed by atoms with E-state index in [2.05, 4.69) is 16.9 Å². The Balaban J connectivity index is 1.78. The molecule has 2 amide bonds. The van der Waals surface area contributed by atoms with Crippen molar-refractivity contribution in [3.05, 3.63) is 71.8 Å². The predicted octanol–water partition coefficient (Wildman–Crippen LogP) is 4.79. The molecule has 0 radical (unpaired) electrons. The van der Waals surface area contributed by atoms with Crippen LogP contribution in [-0.4, -0.2) is 33.7 Å². The first-order chi connectivity index (χ1) is 13.5. The van der Waals surface area contributed by atoms with Crippen molar-refractivity contribution in [2.24, 2.45) is 4.99 Å². The SMILES string of the molecule is C=CCN1C(=O)[C@H](CC(=O)Nc2ccccc2)SC1=Nc1cc(Cl)ccc1C. The lowest BCUT2D eigenvalue weighted by molar-refractivity contribution is -0.127. The molecule has 28 heavy (non-hydrogen) atoms. The van der Waals surface area contributed by atoms with Gasteiger partial charge in [-0.3, -0.25) is 14.5 Å². The van der Waals surface area contributed by atoms with Gasteiger partial charge in [-0.15, -0.1) is 6.58 Å². The molecule has 1 heterocycles. The van der Waals surface area contributed by atoms with Gasteiger partial charge in [-0.2, -0.15) is 0 Å². The van der Waals surface area contributed by atoms with E-state index in [1.807, 2.05) is 31.2 Å². The number of amidine groups is 1. The van der Waals surface area contributed by atoms with Crippen LogP contribution in [0, 0.1) is 6.92 Å². The molecule has 0 saturated carbocycles. The number of carbonyl (C=O) groups is 2. The lowest BCUT2D eigenvalue weighted by atomic mass is 10.2. The van der Waals surface area contributed by atoms with Crippen molar-refractivity contribution < 1.29 is 9.59 Å². The van der Waals surface area contributed by atoms with Crippen LogP contribution in [0.5, 0.6) is 0 Å². The van der Waals surface area contributed by atoms with Crippen molar-refractivity contribution in [2.45, 2.75) is 18.6 Å². The van der Waals surface area contributed by atoms with Gasteiger partial charge in [0.05, 0.1) is 5.69 Å². The molecule has 5 nitrogen and oxygen atoms in total. The first-order valence-electron chi connectivity index (χ1n) is 8.76. The largest absolute Gasteiger partial charge is 0.326 e. The fraction of sp³-hybridized carbons (Fsp3) is 0.190. The molecule has 7 heteroatoms. The summed E-state index contributed by atoms with van der Waals surface area (Å²) in [6.07, 6.45) is 1.71. The summed E-state index contributed by atoms with van der Waals surface area (Å²) >= 11 is 7.37. The molecular weight excluding hydrogens is 394 g/mol. The Labute approximate surface area is 173 Å². The Kier molecular flexibility index (Phi) is 6.54. The number of halogens is 1. The second kappa shape index (κ2) is 9.08. The molecule has 2 aromatic carbocycles. The van der Waals surface area contributed by atoms with E-state index in [0.717, 1.165) is 5.56 Å². The van der Waals surface area contributed by atoms with Crippen LogP contribution in [0.15, 0.2) is 66.2 Å². The molecule has 1 saturated heterocycles. The zero-order chi connectivity index (χ0) is 20.1. The molecular formula is C21H20ClN3O2S. The molecule has 144 valence electrons. The van der Waals surface area contributed by atoms with E-state index in [0.29, 0.717) is 28.1 Å². The topological polar surface area (TPSA) is 61.8 Å². The number of para-hydroxylation sites is 1. The van der Waals surface area contributed by atoms with E-state index in [1.165, 1.54) is 11.8 Å². The van der Waals surface area contributed by atoms with Gasteiger partial charge in [0.15, 0.2) is 5.17 Å². The average molecular weight is 414 g/mol. The summed E-state index contributed by atoms with van der Waals surface area (Å²) in [5, 5.41) is 3.42. The van der Waals surface area contributed by atoms with Gasteiger partial charge in [0.1, 0.15) is 5.25 Å². The monoisotopic (exact) mass is 413 g/mol. The molecule has 2 aromatic rings. The molecule has 0 bridgehead atoms. The fourth-order valence-corrected chi connectivity index (χ4v) is 4.06. The molecule has 0 aromatic heterocycles. The smallest absolute Gasteiger partial charge is 0.242 e. The van der Waals surface area contributed by atoms with E-state index in [-0.39, 0.29) is 18.2 Å². The van der Waals surface area contributed by atoms with Gasteiger partial charge in [0.25, 0.3) is 0 Å². The highest BCUT2D eigenvalue weighted by Gasteiger charge is 2.38. The van der Waals surface area contributed by atoms with E-state index < -0.39 is 5.25 Å². The Bertz CT molecular complexity index is 931. The van der Waals surface area contributed by atoms with Gasteiger partial charge in [-0.25, -0.2) is 4.99 Å². The molecule has 1 fully saturated rings. The predicted molar refractivity (Wildman–Crippen MR) is 116 cm³/mol. The number of rotatable bonds is 6. The van der Waals surface area contributed by atoms with Crippen molar-refractivity contribution in [1.29, 1.82) is 0 Å². The van der Waals surface area contributed by atoms with Crippen molar-refractivity contribution in [3.8, 4) is 0 Å². The van der Waals surface area contributed by atoms with Gasteiger partial charge < -0.3 is 5.32 Å². The summed E-state index contributed by atoms with van der Waals surface area (Å²) < 4.78 is 0. The molecule has 0 aliphatic carbocycles. The number of amides is 2. The van der Waals surface area contributed by atoms with Crippen LogP contribution >= 0.6 is 23.4 Å². The Hall–Kier alpha value is -2.57. The lowest BCUT2D eigenvalue weighted by Gasteiger charge is -2.14. The van der Waals surface area contributed by atoms with Crippen LogP contribution in [0.3, 0.4) is 0 Å². The number of anilines is 1. The number of aliphatic imine (C=N–C) groups is 1. The quantitative estimate of drug-likeness (QED) is 0.692. The molecule has 0 unspecified atom stereocenters. The Morgan fingerprint density at radius 3 is 2.79 bits per heavy atom. The fourth-order valence-electron chi connectivity index (χ4n) is 2.73. The zero-order valence-corrected chi connectivity index (χ0v) is 17.0. The van der Waals surface area contributed by atoms with Crippen molar-refractivity contribution in [3.63, 3.8) is 0 Å². The van der Waals surface area contributed by atoms with E-state index in [9.17, 15) is 9.59 Å². The maximum absolute atomic E-state index is 12.8. The highest BCUT2D eigenvalue weighted by molar-refractivity contribution is 8.15. The van der Waals surface area contributed by atoms with E-state index >= 15 is 0 Å². The van der Waals surface area contributed by atoms with Gasteiger partial charge in [0, 0.05) is 23.7 Å². The normalized spacial score (nSPS) is 17.8. The maximum atomic E-state index is 12.8. The van der Waals surface area contributed by atoms with Crippen LogP contribution in [0.1, 0.15) is 12.0 Å². The third-order valence-corrected chi connectivity index (χ3v) is 5.56. The van der Waals surface area contributed by atoms with Crippen molar-refractivity contribution in [2.75, 3.05) is 11.9 Å². The number of benzene rings is 2. The Morgan fingerprint density at radius 1 is 1.32 bits per heavy atom. The number of nitrogens with one attached hydrogen (secondary N) is 1. The number of thioether (sulfide) groups is 1. The number of hydrogen-bond acceptors (Lipinski definition) is 4. The van der Waals surface area contributed by atoms with Gasteiger partial charge >= 0.3 is 0 Å². The minimum Gasteiger partial charge on any atom is -0.326 e. The zero-order valence-electron chi connectivity index (χ0n) is 15.4. The van der Waals surface area contributed by atoms with Crippen LogP contribution in [0.4, 0.5) is 11.4 Å². The minimum atomic E-state index is -0.526. The highest BCUT2D eigenvalue weighted by atomic mass is 35.5. The van der Waals surface area contributed by atoms with E-state index in [4.69, 9.17) is 11.6 Å². The molecule has 3 rings (SSSR count). The maximum Gasteiger partial charge on any atom is 0.242 e. The second-order valence-corrected chi connectivity index (χ2v) is 7.89. The average Bonchev–Trinajstić information content (AvgIpc) is 2.94. The van der Waals surface area contributed by atoms with Crippen LogP contribution in [0.2, 0.25) is 5.02 Å². The lowest BCUT2D eigenvalue weighted by Crippen LogP contribution is -2.33. The summed E-state index contributed by atoms with van der Waals surface area (Å²) in [5.41, 5.74) is 2.36. The minimum absolute atomic E-state index is 0.0690. The standard InChI is InChI=1S/C21H20ClN3O2S/c1-3-11-25-20(27)18(13-19(26)23-16-7-5-4-6-8-16)28-21(25)24-17-12-15(22)10-9-14(17)2/h3-10,12,18H,1,11,13H2,2H3,(H,23,26)/t18-/m0/s1. The third kappa shape index (κ3) is 4.82.